The number of amides is 1. The summed E-state index contributed by atoms with van der Waals surface area (Å²) in [6.45, 7) is 12.1. The summed E-state index contributed by atoms with van der Waals surface area (Å²) >= 11 is 0. The second kappa shape index (κ2) is 9.35. The van der Waals surface area contributed by atoms with E-state index >= 15 is 0 Å². The maximum absolute atomic E-state index is 12.3. The number of nitrogen functional groups attached to an aromatic ring is 1. The summed E-state index contributed by atoms with van der Waals surface area (Å²) in [5, 5.41) is 23.4. The number of likely N-dealkylation sites (tertiary alicyclic amines) is 1. The van der Waals surface area contributed by atoms with E-state index in [2.05, 4.69) is 25.1 Å². The average molecular weight is 472 g/mol. The number of aromatic nitrogens is 5. The van der Waals surface area contributed by atoms with Crippen molar-refractivity contribution in [1.82, 2.24) is 30.0 Å². The quantitative estimate of drug-likeness (QED) is 0.388. The van der Waals surface area contributed by atoms with Crippen LogP contribution in [0.1, 0.15) is 71.8 Å². The van der Waals surface area contributed by atoms with E-state index in [9.17, 15) is 4.79 Å². The van der Waals surface area contributed by atoms with Crippen LogP contribution in [0, 0.1) is 16.2 Å². The van der Waals surface area contributed by atoms with Gasteiger partial charge >= 0.3 is 6.09 Å². The number of H-pyrrole nitrogens is 1. The number of rotatable bonds is 3. The number of carbonyl (C=O) groups excluding carboxylic acids is 1. The summed E-state index contributed by atoms with van der Waals surface area (Å²) in [5.74, 6) is 0.687. The molecule has 12 heteroatoms. The fourth-order valence-corrected chi connectivity index (χ4v) is 3.21. The zero-order valence-corrected chi connectivity index (χ0v) is 20.5. The molecule has 2 aromatic rings. The van der Waals surface area contributed by atoms with Crippen molar-refractivity contribution >= 4 is 23.7 Å². The Morgan fingerprint density at radius 2 is 1.79 bits per heavy atom. The maximum atomic E-state index is 12.3. The van der Waals surface area contributed by atoms with Gasteiger partial charge in [-0.15, -0.1) is 0 Å². The SMILES string of the molecule is CC(C)(C)OC(=O)N1CCC(c2nc(-c3cnc(N)c(C(=N)OC(=N)C(C)(C)C)n3)n[nH]2)CC1. The molecule has 0 aromatic carbocycles. The Kier molecular flexibility index (Phi) is 6.89. The summed E-state index contributed by atoms with van der Waals surface area (Å²) in [4.78, 5) is 27.0. The Morgan fingerprint density at radius 3 is 2.38 bits per heavy atom. The minimum atomic E-state index is -0.566. The van der Waals surface area contributed by atoms with Crippen LogP contribution in [0.15, 0.2) is 6.20 Å². The summed E-state index contributed by atoms with van der Waals surface area (Å²) in [6.07, 6.45) is 2.57. The molecule has 1 aliphatic heterocycles. The van der Waals surface area contributed by atoms with Crippen molar-refractivity contribution < 1.29 is 14.3 Å². The first-order valence-corrected chi connectivity index (χ1v) is 11.1. The highest BCUT2D eigenvalue weighted by atomic mass is 16.6. The third-order valence-corrected chi connectivity index (χ3v) is 5.17. The van der Waals surface area contributed by atoms with Crippen LogP contribution in [0.4, 0.5) is 10.6 Å². The minimum absolute atomic E-state index is 0.0146. The molecule has 0 unspecified atom stereocenters. The van der Waals surface area contributed by atoms with Gasteiger partial charge in [-0.1, -0.05) is 20.8 Å². The van der Waals surface area contributed by atoms with Crippen LogP contribution in [0.5, 0.6) is 0 Å². The molecule has 5 N–H and O–H groups in total. The number of piperidine rings is 1. The lowest BCUT2D eigenvalue weighted by Gasteiger charge is -2.32. The standard InChI is InChI=1S/C22H33N9O3/c1-21(2,3)19(25)33-16(24)14-15(23)26-11-13(27-14)18-28-17(29-30-18)12-7-9-31(10-8-12)20(32)34-22(4,5)6/h11-12,24-25H,7-10H2,1-6H3,(H2,23,26)(H,28,29,30). The molecule has 3 heterocycles. The predicted molar refractivity (Wildman–Crippen MR) is 127 cm³/mol. The second-order valence-corrected chi connectivity index (χ2v) is 10.3. The van der Waals surface area contributed by atoms with Crippen molar-refractivity contribution in [1.29, 1.82) is 10.8 Å². The first-order valence-electron chi connectivity index (χ1n) is 11.1. The maximum Gasteiger partial charge on any atom is 0.410 e. The number of carbonyl (C=O) groups is 1. The Hall–Kier alpha value is -3.57. The van der Waals surface area contributed by atoms with E-state index in [-0.39, 0.29) is 35.3 Å². The molecule has 1 aliphatic rings. The molecule has 2 aromatic heterocycles. The molecular formula is C22H33N9O3. The van der Waals surface area contributed by atoms with E-state index < -0.39 is 11.0 Å². The van der Waals surface area contributed by atoms with Gasteiger partial charge in [-0.05, 0) is 33.6 Å². The zero-order chi connectivity index (χ0) is 25.3. The van der Waals surface area contributed by atoms with Crippen molar-refractivity contribution in [2.24, 2.45) is 5.41 Å². The molecule has 0 aliphatic carbocycles. The van der Waals surface area contributed by atoms with E-state index in [1.165, 1.54) is 6.20 Å². The molecule has 0 bridgehead atoms. The first kappa shape index (κ1) is 25.1. The van der Waals surface area contributed by atoms with Gasteiger partial charge in [-0.2, -0.15) is 5.10 Å². The number of hydrogen-bond donors (Lipinski definition) is 4. The van der Waals surface area contributed by atoms with Crippen molar-refractivity contribution in [3.63, 3.8) is 0 Å². The van der Waals surface area contributed by atoms with Gasteiger partial charge in [0.15, 0.2) is 17.4 Å². The number of hydrogen-bond acceptors (Lipinski definition) is 10. The fraction of sp³-hybridized carbons (Fsp3) is 0.591. The molecule has 184 valence electrons. The van der Waals surface area contributed by atoms with E-state index in [0.717, 1.165) is 12.8 Å². The molecule has 1 fully saturated rings. The topological polar surface area (TPSA) is 180 Å². The van der Waals surface area contributed by atoms with Gasteiger partial charge in [0.2, 0.25) is 11.7 Å². The van der Waals surface area contributed by atoms with Crippen molar-refractivity contribution in [3.05, 3.63) is 17.7 Å². The Bertz CT molecular complexity index is 1070. The molecule has 1 saturated heterocycles. The number of nitrogens with zero attached hydrogens (tertiary/aromatic N) is 5. The zero-order valence-electron chi connectivity index (χ0n) is 20.5. The van der Waals surface area contributed by atoms with Gasteiger partial charge < -0.3 is 20.1 Å². The molecule has 0 spiro atoms. The van der Waals surface area contributed by atoms with Gasteiger partial charge in [-0.25, -0.2) is 19.7 Å². The minimum Gasteiger partial charge on any atom is -0.444 e. The van der Waals surface area contributed by atoms with Crippen LogP contribution in [0.3, 0.4) is 0 Å². The largest absolute Gasteiger partial charge is 0.444 e. The molecule has 0 atom stereocenters. The van der Waals surface area contributed by atoms with Crippen LogP contribution in [0.2, 0.25) is 0 Å². The summed E-state index contributed by atoms with van der Waals surface area (Å²) in [7, 11) is 0. The van der Waals surface area contributed by atoms with Crippen LogP contribution in [-0.4, -0.2) is 66.6 Å². The molecule has 34 heavy (non-hydrogen) atoms. The lowest BCUT2D eigenvalue weighted by atomic mass is 9.96. The van der Waals surface area contributed by atoms with Crippen LogP contribution >= 0.6 is 0 Å². The Labute approximate surface area is 198 Å². The number of aromatic amines is 1. The van der Waals surface area contributed by atoms with Crippen LogP contribution in [0.25, 0.3) is 11.5 Å². The number of ether oxygens (including phenoxy) is 2. The normalized spacial score (nSPS) is 15.2. The number of nitrogens with two attached hydrogens (primary N) is 1. The molecule has 1 amide bonds. The fourth-order valence-electron chi connectivity index (χ4n) is 3.21. The van der Waals surface area contributed by atoms with E-state index in [4.69, 9.17) is 26.0 Å². The molecule has 12 nitrogen and oxygen atoms in total. The predicted octanol–water partition coefficient (Wildman–Crippen LogP) is 3.32. The van der Waals surface area contributed by atoms with Crippen molar-refractivity contribution in [2.75, 3.05) is 18.8 Å². The highest BCUT2D eigenvalue weighted by molar-refractivity contribution is 6.01. The number of nitrogens with one attached hydrogen (secondary N) is 3. The summed E-state index contributed by atoms with van der Waals surface area (Å²) in [6, 6.07) is 0. The molecule has 0 saturated carbocycles. The van der Waals surface area contributed by atoms with Crippen LogP contribution < -0.4 is 5.73 Å². The molecule has 3 rings (SSSR count). The molecule has 0 radical (unpaired) electrons. The van der Waals surface area contributed by atoms with Gasteiger partial charge in [0.05, 0.1) is 6.20 Å². The van der Waals surface area contributed by atoms with Crippen molar-refractivity contribution in [3.8, 4) is 11.5 Å². The van der Waals surface area contributed by atoms with E-state index in [0.29, 0.717) is 30.4 Å². The lowest BCUT2D eigenvalue weighted by molar-refractivity contribution is 0.0203. The number of anilines is 1. The third-order valence-electron chi connectivity index (χ3n) is 5.17. The second-order valence-electron chi connectivity index (χ2n) is 10.3. The summed E-state index contributed by atoms with van der Waals surface area (Å²) in [5.41, 5.74) is 5.15. The third kappa shape index (κ3) is 6.06. The smallest absolute Gasteiger partial charge is 0.410 e. The van der Waals surface area contributed by atoms with E-state index in [1.807, 2.05) is 20.8 Å². The van der Waals surface area contributed by atoms with Gasteiger partial charge in [0, 0.05) is 24.4 Å². The molecular weight excluding hydrogens is 438 g/mol. The Morgan fingerprint density at radius 1 is 1.15 bits per heavy atom. The highest BCUT2D eigenvalue weighted by Crippen LogP contribution is 2.28. The van der Waals surface area contributed by atoms with Gasteiger partial charge in [-0.3, -0.25) is 15.9 Å². The lowest BCUT2D eigenvalue weighted by Crippen LogP contribution is -2.41. The van der Waals surface area contributed by atoms with Gasteiger partial charge in [0.1, 0.15) is 17.1 Å². The summed E-state index contributed by atoms with van der Waals surface area (Å²) < 4.78 is 10.8. The highest BCUT2D eigenvalue weighted by Gasteiger charge is 2.29. The first-order chi connectivity index (χ1) is 15.7. The Balaban J connectivity index is 1.69. The monoisotopic (exact) mass is 471 g/mol. The van der Waals surface area contributed by atoms with Gasteiger partial charge in [0.25, 0.3) is 0 Å². The van der Waals surface area contributed by atoms with Crippen molar-refractivity contribution in [2.45, 2.75) is 65.9 Å². The van der Waals surface area contributed by atoms with E-state index in [1.54, 1.807) is 25.7 Å². The van der Waals surface area contributed by atoms with Crippen LogP contribution in [-0.2, 0) is 9.47 Å². The average Bonchev–Trinajstić information content (AvgIpc) is 3.22.